The quantitative estimate of drug-likeness (QED) is 0.614. The zero-order valence-corrected chi connectivity index (χ0v) is 11.0. The number of rotatable bonds is 6. The maximum Gasteiger partial charge on any atom is 0.272 e. The summed E-state index contributed by atoms with van der Waals surface area (Å²) in [6.07, 6.45) is 4.33. The first-order valence-electron chi connectivity index (χ1n) is 6.49. The van der Waals surface area contributed by atoms with E-state index in [1.54, 1.807) is 6.07 Å². The number of carbonyl (C=O) groups excluding carboxylic acids is 2. The number of unbranched alkanes of at least 4 members (excludes halogenated alkanes) is 3. The van der Waals surface area contributed by atoms with Gasteiger partial charge in [-0.15, -0.1) is 0 Å². The normalized spacial score (nSPS) is 10.0. The van der Waals surface area contributed by atoms with Crippen LogP contribution < -0.4 is 10.9 Å². The molecule has 0 fully saturated rings. The molecule has 0 unspecified atom stereocenters. The van der Waals surface area contributed by atoms with E-state index < -0.39 is 11.7 Å². The minimum atomic E-state index is -0.653. The van der Waals surface area contributed by atoms with Crippen molar-refractivity contribution in [2.75, 3.05) is 0 Å². The van der Waals surface area contributed by atoms with Gasteiger partial charge < -0.3 is 0 Å². The van der Waals surface area contributed by atoms with E-state index in [1.807, 2.05) is 0 Å². The highest BCUT2D eigenvalue weighted by atomic mass is 19.1. The van der Waals surface area contributed by atoms with Crippen molar-refractivity contribution >= 4 is 11.8 Å². The molecule has 0 aliphatic carbocycles. The summed E-state index contributed by atoms with van der Waals surface area (Å²) in [5, 5.41) is 0. The summed E-state index contributed by atoms with van der Waals surface area (Å²) in [6, 6.07) is 5.61. The van der Waals surface area contributed by atoms with E-state index >= 15 is 0 Å². The van der Waals surface area contributed by atoms with Crippen LogP contribution in [0.3, 0.4) is 0 Å². The van der Waals surface area contributed by atoms with E-state index in [4.69, 9.17) is 0 Å². The Morgan fingerprint density at radius 1 is 1.11 bits per heavy atom. The lowest BCUT2D eigenvalue weighted by molar-refractivity contribution is -0.122. The molecule has 0 aliphatic heterocycles. The number of hydrazine groups is 1. The van der Waals surface area contributed by atoms with Crippen molar-refractivity contribution in [1.82, 2.24) is 10.9 Å². The lowest BCUT2D eigenvalue weighted by Gasteiger charge is -2.07. The summed E-state index contributed by atoms with van der Waals surface area (Å²) in [6.45, 7) is 2.09. The fraction of sp³-hybridized carbons (Fsp3) is 0.429. The van der Waals surface area contributed by atoms with Gasteiger partial charge in [-0.1, -0.05) is 38.3 Å². The lowest BCUT2D eigenvalue weighted by Crippen LogP contribution is -2.41. The Kier molecular flexibility index (Phi) is 6.57. The number of hydrogen-bond acceptors (Lipinski definition) is 2. The van der Waals surface area contributed by atoms with Crippen molar-refractivity contribution in [3.8, 4) is 0 Å². The number of carbonyl (C=O) groups is 2. The Morgan fingerprint density at radius 2 is 1.84 bits per heavy atom. The highest BCUT2D eigenvalue weighted by Crippen LogP contribution is 2.05. The Labute approximate surface area is 112 Å². The van der Waals surface area contributed by atoms with Crippen LogP contribution >= 0.6 is 0 Å². The van der Waals surface area contributed by atoms with E-state index in [0.717, 1.165) is 25.7 Å². The van der Waals surface area contributed by atoms with Gasteiger partial charge in [-0.2, -0.15) is 0 Å². The molecule has 1 rings (SSSR count). The average Bonchev–Trinajstić information content (AvgIpc) is 2.41. The van der Waals surface area contributed by atoms with Crippen LogP contribution in [0.2, 0.25) is 0 Å². The monoisotopic (exact) mass is 266 g/mol. The fourth-order valence-electron chi connectivity index (χ4n) is 1.61. The molecular formula is C14H19FN2O2. The topological polar surface area (TPSA) is 58.2 Å². The standard InChI is InChI=1S/C14H19FN2O2/c1-2-3-4-5-10-13(18)16-17-14(19)11-8-6-7-9-12(11)15/h6-9H,2-5,10H2,1H3,(H,16,18)(H,17,19). The number of nitrogens with one attached hydrogen (secondary N) is 2. The van der Waals surface area contributed by atoms with Crippen LogP contribution in [0.25, 0.3) is 0 Å². The molecule has 2 amide bonds. The maximum absolute atomic E-state index is 13.3. The Hall–Kier alpha value is -1.91. The van der Waals surface area contributed by atoms with Gasteiger partial charge in [-0.3, -0.25) is 20.4 Å². The Morgan fingerprint density at radius 3 is 2.53 bits per heavy atom. The maximum atomic E-state index is 13.3. The lowest BCUT2D eigenvalue weighted by atomic mass is 10.1. The number of benzene rings is 1. The average molecular weight is 266 g/mol. The summed E-state index contributed by atoms with van der Waals surface area (Å²) in [5.74, 6) is -1.53. The predicted molar refractivity (Wildman–Crippen MR) is 70.8 cm³/mol. The van der Waals surface area contributed by atoms with E-state index in [1.165, 1.54) is 18.2 Å². The van der Waals surface area contributed by atoms with E-state index in [-0.39, 0.29) is 11.5 Å². The smallest absolute Gasteiger partial charge is 0.272 e. The summed E-state index contributed by atoms with van der Waals surface area (Å²) >= 11 is 0. The molecule has 0 aliphatic rings. The predicted octanol–water partition coefficient (Wildman–Crippen LogP) is 2.56. The molecule has 5 heteroatoms. The van der Waals surface area contributed by atoms with Gasteiger partial charge in [-0.25, -0.2) is 4.39 Å². The number of halogens is 1. The molecule has 0 atom stereocenters. The van der Waals surface area contributed by atoms with Crippen LogP contribution in [0.5, 0.6) is 0 Å². The van der Waals surface area contributed by atoms with Gasteiger partial charge in [0.2, 0.25) is 5.91 Å². The van der Waals surface area contributed by atoms with Crippen molar-refractivity contribution < 1.29 is 14.0 Å². The third-order valence-electron chi connectivity index (χ3n) is 2.69. The summed E-state index contributed by atoms with van der Waals surface area (Å²) in [5.41, 5.74) is 4.39. The zero-order valence-electron chi connectivity index (χ0n) is 11.0. The van der Waals surface area contributed by atoms with Gasteiger partial charge >= 0.3 is 0 Å². The fourth-order valence-corrected chi connectivity index (χ4v) is 1.61. The second-order valence-corrected chi connectivity index (χ2v) is 4.29. The SMILES string of the molecule is CCCCCCC(=O)NNC(=O)c1ccccc1F. The Bertz CT molecular complexity index is 435. The molecule has 0 bridgehead atoms. The molecule has 1 aromatic carbocycles. The summed E-state index contributed by atoms with van der Waals surface area (Å²) < 4.78 is 13.3. The van der Waals surface area contributed by atoms with E-state index in [0.29, 0.717) is 6.42 Å². The molecule has 0 heterocycles. The number of hydrogen-bond donors (Lipinski definition) is 2. The first-order valence-corrected chi connectivity index (χ1v) is 6.49. The van der Waals surface area contributed by atoms with Gasteiger partial charge in [0.05, 0.1) is 5.56 Å². The highest BCUT2D eigenvalue weighted by Gasteiger charge is 2.11. The zero-order chi connectivity index (χ0) is 14.1. The minimum Gasteiger partial charge on any atom is -0.273 e. The van der Waals surface area contributed by atoms with Crippen LogP contribution in [0.4, 0.5) is 4.39 Å². The molecule has 1 aromatic rings. The van der Waals surface area contributed by atoms with Crippen molar-refractivity contribution in [3.63, 3.8) is 0 Å². The van der Waals surface area contributed by atoms with Crippen molar-refractivity contribution in [2.45, 2.75) is 39.0 Å². The molecule has 19 heavy (non-hydrogen) atoms. The minimum absolute atomic E-state index is 0.0891. The largest absolute Gasteiger partial charge is 0.273 e. The molecule has 0 radical (unpaired) electrons. The van der Waals surface area contributed by atoms with Crippen molar-refractivity contribution in [1.29, 1.82) is 0 Å². The van der Waals surface area contributed by atoms with Crippen LogP contribution in [0.1, 0.15) is 49.4 Å². The molecule has 0 spiro atoms. The van der Waals surface area contributed by atoms with Gasteiger partial charge in [0.15, 0.2) is 0 Å². The van der Waals surface area contributed by atoms with Crippen molar-refractivity contribution in [3.05, 3.63) is 35.6 Å². The summed E-state index contributed by atoms with van der Waals surface area (Å²) in [4.78, 5) is 23.0. The molecule has 0 saturated carbocycles. The van der Waals surface area contributed by atoms with Crippen molar-refractivity contribution in [2.24, 2.45) is 0 Å². The van der Waals surface area contributed by atoms with Gasteiger partial charge in [0.25, 0.3) is 5.91 Å². The third kappa shape index (κ3) is 5.50. The Balaban J connectivity index is 2.30. The molecular weight excluding hydrogens is 247 g/mol. The van der Waals surface area contributed by atoms with Gasteiger partial charge in [0, 0.05) is 6.42 Å². The molecule has 104 valence electrons. The first-order chi connectivity index (χ1) is 9.15. The van der Waals surface area contributed by atoms with E-state index in [9.17, 15) is 14.0 Å². The van der Waals surface area contributed by atoms with Crippen LogP contribution in [-0.2, 0) is 4.79 Å². The molecule has 0 saturated heterocycles. The number of amides is 2. The van der Waals surface area contributed by atoms with Crippen LogP contribution in [0, 0.1) is 5.82 Å². The van der Waals surface area contributed by atoms with Crippen LogP contribution in [-0.4, -0.2) is 11.8 Å². The van der Waals surface area contributed by atoms with Gasteiger partial charge in [-0.05, 0) is 18.6 Å². The highest BCUT2D eigenvalue weighted by molar-refractivity contribution is 5.95. The second kappa shape index (κ2) is 8.24. The second-order valence-electron chi connectivity index (χ2n) is 4.29. The molecule has 0 aromatic heterocycles. The summed E-state index contributed by atoms with van der Waals surface area (Å²) in [7, 11) is 0. The third-order valence-corrected chi connectivity index (χ3v) is 2.69. The van der Waals surface area contributed by atoms with Gasteiger partial charge in [0.1, 0.15) is 5.82 Å². The molecule has 2 N–H and O–H groups in total. The molecule has 4 nitrogen and oxygen atoms in total. The van der Waals surface area contributed by atoms with E-state index in [2.05, 4.69) is 17.8 Å². The van der Waals surface area contributed by atoms with Crippen LogP contribution in [0.15, 0.2) is 24.3 Å². The first kappa shape index (κ1) is 15.1.